The molecule has 0 heterocycles. The smallest absolute Gasteiger partial charge is 0.246 e. The van der Waals surface area contributed by atoms with Crippen LogP contribution in [0.3, 0.4) is 0 Å². The number of nitrogens with zero attached hydrogens (tertiary/aromatic N) is 1. The molecule has 0 radical (unpaired) electrons. The molecule has 0 aliphatic carbocycles. The molecule has 130 valence electrons. The number of guanidine groups is 1. The third kappa shape index (κ3) is 8.73. The van der Waals surface area contributed by atoms with Gasteiger partial charge in [0, 0.05) is 18.3 Å². The van der Waals surface area contributed by atoms with E-state index in [1.807, 2.05) is 6.92 Å². The number of hydrogen-bond donors (Lipinski definition) is 3. The number of amides is 1. The van der Waals surface area contributed by atoms with E-state index in [0.717, 1.165) is 6.54 Å². The van der Waals surface area contributed by atoms with Crippen molar-refractivity contribution in [2.75, 3.05) is 18.4 Å². The normalized spacial score (nSPS) is 12.3. The molecule has 23 heavy (non-hydrogen) atoms. The number of rotatable bonds is 6. The van der Waals surface area contributed by atoms with Gasteiger partial charge < -0.3 is 16.0 Å². The molecule has 0 spiro atoms. The fraction of sp³-hybridized carbons (Fsp3) is 0.500. The van der Waals surface area contributed by atoms with Crippen LogP contribution in [-0.4, -0.2) is 31.0 Å². The molecule has 1 aromatic carbocycles. The van der Waals surface area contributed by atoms with Gasteiger partial charge in [-0.05, 0) is 44.0 Å². The number of nitrogens with one attached hydrogen (secondary N) is 3. The molecule has 0 saturated heterocycles. The van der Waals surface area contributed by atoms with Crippen LogP contribution >= 0.6 is 24.0 Å². The minimum absolute atomic E-state index is 0. The average Bonchev–Trinajstić information content (AvgIpc) is 2.47. The fourth-order valence-electron chi connectivity index (χ4n) is 1.59. The Morgan fingerprint density at radius 1 is 1.22 bits per heavy atom. The molecule has 7 heteroatoms. The molecule has 0 aromatic heterocycles. The standard InChI is InChI=1S/C16H25FN4O.HI/c1-5-18-16(20-12(4)11(2)3)19-10-15(22)21-14-8-6-13(17)7-9-14;/h6-9,11-12H,5,10H2,1-4H3,(H,21,22)(H2,18,19,20);1H. The summed E-state index contributed by atoms with van der Waals surface area (Å²) in [6, 6.07) is 5.88. The van der Waals surface area contributed by atoms with Gasteiger partial charge in [-0.15, -0.1) is 24.0 Å². The molecule has 1 rings (SSSR count). The number of hydrogen-bond acceptors (Lipinski definition) is 2. The topological polar surface area (TPSA) is 65.5 Å². The van der Waals surface area contributed by atoms with E-state index in [-0.39, 0.29) is 48.3 Å². The van der Waals surface area contributed by atoms with Gasteiger partial charge in [-0.2, -0.15) is 0 Å². The Morgan fingerprint density at radius 2 is 1.83 bits per heavy atom. The Morgan fingerprint density at radius 3 is 2.35 bits per heavy atom. The van der Waals surface area contributed by atoms with Crippen molar-refractivity contribution in [2.24, 2.45) is 10.9 Å². The molecule has 1 amide bonds. The van der Waals surface area contributed by atoms with E-state index in [0.29, 0.717) is 17.6 Å². The fourth-order valence-corrected chi connectivity index (χ4v) is 1.59. The summed E-state index contributed by atoms with van der Waals surface area (Å²) in [5.74, 6) is 0.480. The van der Waals surface area contributed by atoms with Gasteiger partial charge in [-0.25, -0.2) is 9.38 Å². The van der Waals surface area contributed by atoms with Gasteiger partial charge in [0.05, 0.1) is 0 Å². The Kier molecular flexibility index (Phi) is 10.5. The van der Waals surface area contributed by atoms with Gasteiger partial charge >= 0.3 is 0 Å². The number of anilines is 1. The van der Waals surface area contributed by atoms with Crippen LogP contribution < -0.4 is 16.0 Å². The Labute approximate surface area is 154 Å². The molecule has 1 unspecified atom stereocenters. The van der Waals surface area contributed by atoms with E-state index in [2.05, 4.69) is 41.7 Å². The monoisotopic (exact) mass is 436 g/mol. The van der Waals surface area contributed by atoms with Gasteiger partial charge in [0.1, 0.15) is 12.4 Å². The second-order valence-electron chi connectivity index (χ2n) is 5.43. The van der Waals surface area contributed by atoms with Crippen LogP contribution in [0.5, 0.6) is 0 Å². The van der Waals surface area contributed by atoms with Gasteiger partial charge in [0.2, 0.25) is 5.91 Å². The van der Waals surface area contributed by atoms with Crippen LogP contribution in [0.1, 0.15) is 27.7 Å². The quantitative estimate of drug-likeness (QED) is 0.365. The highest BCUT2D eigenvalue weighted by atomic mass is 127. The molecule has 0 saturated carbocycles. The Balaban J connectivity index is 0.00000484. The zero-order valence-corrected chi connectivity index (χ0v) is 16.4. The maximum absolute atomic E-state index is 12.8. The molecular weight excluding hydrogens is 410 g/mol. The first-order chi connectivity index (χ1) is 10.4. The number of benzene rings is 1. The molecule has 1 atom stereocenters. The molecule has 0 aliphatic heterocycles. The molecule has 0 bridgehead atoms. The first-order valence-corrected chi connectivity index (χ1v) is 7.52. The zero-order valence-electron chi connectivity index (χ0n) is 14.0. The summed E-state index contributed by atoms with van der Waals surface area (Å²) in [5, 5.41) is 9.03. The highest BCUT2D eigenvalue weighted by Gasteiger charge is 2.09. The summed E-state index contributed by atoms with van der Waals surface area (Å²) in [6.07, 6.45) is 0. The van der Waals surface area contributed by atoms with Crippen molar-refractivity contribution >= 4 is 41.5 Å². The van der Waals surface area contributed by atoms with Crippen LogP contribution in [0.4, 0.5) is 10.1 Å². The summed E-state index contributed by atoms with van der Waals surface area (Å²) in [5.41, 5.74) is 0.551. The lowest BCUT2D eigenvalue weighted by molar-refractivity contribution is -0.114. The van der Waals surface area contributed by atoms with E-state index >= 15 is 0 Å². The highest BCUT2D eigenvalue weighted by Crippen LogP contribution is 2.07. The minimum atomic E-state index is -0.336. The van der Waals surface area contributed by atoms with Crippen molar-refractivity contribution in [2.45, 2.75) is 33.7 Å². The lowest BCUT2D eigenvalue weighted by atomic mass is 10.1. The lowest BCUT2D eigenvalue weighted by Gasteiger charge is -2.20. The van der Waals surface area contributed by atoms with E-state index in [9.17, 15) is 9.18 Å². The van der Waals surface area contributed by atoms with Crippen LogP contribution in [0.2, 0.25) is 0 Å². The first-order valence-electron chi connectivity index (χ1n) is 7.52. The zero-order chi connectivity index (χ0) is 16.5. The molecule has 3 N–H and O–H groups in total. The predicted molar refractivity (Wildman–Crippen MR) is 104 cm³/mol. The second-order valence-corrected chi connectivity index (χ2v) is 5.43. The molecular formula is C16H26FIN4O. The van der Waals surface area contributed by atoms with Crippen LogP contribution in [-0.2, 0) is 4.79 Å². The van der Waals surface area contributed by atoms with Gasteiger partial charge in [-0.1, -0.05) is 13.8 Å². The second kappa shape index (κ2) is 11.2. The number of carbonyl (C=O) groups is 1. The first kappa shape index (κ1) is 21.6. The number of aliphatic imine (C=N–C) groups is 1. The summed E-state index contributed by atoms with van der Waals surface area (Å²) < 4.78 is 12.8. The van der Waals surface area contributed by atoms with E-state index < -0.39 is 0 Å². The van der Waals surface area contributed by atoms with Crippen molar-refractivity contribution < 1.29 is 9.18 Å². The molecule has 1 aromatic rings. The number of carbonyl (C=O) groups excluding carboxylic acids is 1. The summed E-state index contributed by atoms with van der Waals surface area (Å²) >= 11 is 0. The Hall–Kier alpha value is -1.38. The SMILES string of the molecule is CCNC(=NCC(=O)Nc1ccc(F)cc1)NC(C)C(C)C.I. The van der Waals surface area contributed by atoms with E-state index in [4.69, 9.17) is 0 Å². The van der Waals surface area contributed by atoms with Crippen molar-refractivity contribution in [3.63, 3.8) is 0 Å². The third-order valence-corrected chi connectivity index (χ3v) is 3.22. The molecule has 0 aliphatic rings. The highest BCUT2D eigenvalue weighted by molar-refractivity contribution is 14.0. The van der Waals surface area contributed by atoms with Gasteiger partial charge in [0.25, 0.3) is 0 Å². The third-order valence-electron chi connectivity index (χ3n) is 3.22. The summed E-state index contributed by atoms with van der Waals surface area (Å²) in [4.78, 5) is 16.1. The van der Waals surface area contributed by atoms with Crippen molar-refractivity contribution in [3.05, 3.63) is 30.1 Å². The lowest BCUT2D eigenvalue weighted by Crippen LogP contribution is -2.44. The van der Waals surface area contributed by atoms with E-state index in [1.165, 1.54) is 24.3 Å². The van der Waals surface area contributed by atoms with Gasteiger partial charge in [0.15, 0.2) is 5.96 Å². The Bertz CT molecular complexity index is 505. The van der Waals surface area contributed by atoms with Crippen molar-refractivity contribution in [1.82, 2.24) is 10.6 Å². The average molecular weight is 436 g/mol. The molecule has 0 fully saturated rings. The maximum atomic E-state index is 12.8. The maximum Gasteiger partial charge on any atom is 0.246 e. The van der Waals surface area contributed by atoms with Crippen molar-refractivity contribution in [3.8, 4) is 0 Å². The predicted octanol–water partition coefficient (Wildman–Crippen LogP) is 2.98. The largest absolute Gasteiger partial charge is 0.357 e. The molecule has 5 nitrogen and oxygen atoms in total. The van der Waals surface area contributed by atoms with Crippen LogP contribution in [0, 0.1) is 11.7 Å². The van der Waals surface area contributed by atoms with E-state index in [1.54, 1.807) is 0 Å². The van der Waals surface area contributed by atoms with Gasteiger partial charge in [-0.3, -0.25) is 4.79 Å². The number of halogens is 2. The summed E-state index contributed by atoms with van der Waals surface area (Å²) in [7, 11) is 0. The van der Waals surface area contributed by atoms with Crippen LogP contribution in [0.25, 0.3) is 0 Å². The van der Waals surface area contributed by atoms with Crippen LogP contribution in [0.15, 0.2) is 29.3 Å². The summed E-state index contributed by atoms with van der Waals surface area (Å²) in [6.45, 7) is 8.98. The minimum Gasteiger partial charge on any atom is -0.357 e. The van der Waals surface area contributed by atoms with Crippen molar-refractivity contribution in [1.29, 1.82) is 0 Å².